The Kier molecular flexibility index (Phi) is 5.80. The number of aromatic nitrogens is 3. The average Bonchev–Trinajstić information content (AvgIpc) is 3.29. The molecule has 0 fully saturated rings. The van der Waals surface area contributed by atoms with Gasteiger partial charge in [-0.15, -0.1) is 0 Å². The number of carbonyl (C=O) groups excluding carboxylic acids is 1. The standard InChI is InChI=1S/C28H21F3N4O/c1-17-5-10-21(11-6-17)34-27(36)23-14-19(9-12-24(23)28(29,30)31)22-4-3-13-35-25(16-33-26(22)35)20-8-7-18(2)32-15-20/h3-16H,1-2H3,(H,34,36). The lowest BCUT2D eigenvalue weighted by atomic mass is 9.98. The number of halogens is 3. The molecule has 1 amide bonds. The molecule has 0 unspecified atom stereocenters. The lowest BCUT2D eigenvalue weighted by molar-refractivity contribution is -0.137. The number of anilines is 1. The molecule has 8 heteroatoms. The molecule has 0 spiro atoms. The van der Waals surface area contributed by atoms with Crippen LogP contribution in [0.3, 0.4) is 0 Å². The fraction of sp³-hybridized carbons (Fsp3) is 0.107. The second-order valence-corrected chi connectivity index (χ2v) is 8.53. The van der Waals surface area contributed by atoms with Crippen LogP contribution in [0.5, 0.6) is 0 Å². The van der Waals surface area contributed by atoms with Crippen molar-refractivity contribution in [3.8, 4) is 22.4 Å². The Labute approximate surface area is 205 Å². The highest BCUT2D eigenvalue weighted by Gasteiger charge is 2.35. The van der Waals surface area contributed by atoms with E-state index in [0.717, 1.165) is 28.6 Å². The predicted molar refractivity (Wildman–Crippen MR) is 133 cm³/mol. The first-order chi connectivity index (χ1) is 17.2. The van der Waals surface area contributed by atoms with Gasteiger partial charge in [-0.2, -0.15) is 13.2 Å². The Morgan fingerprint density at radius 1 is 0.889 bits per heavy atom. The van der Waals surface area contributed by atoms with Gasteiger partial charge < -0.3 is 5.32 Å². The van der Waals surface area contributed by atoms with Crippen LogP contribution in [0.2, 0.25) is 0 Å². The molecule has 0 bridgehead atoms. The molecule has 5 aromatic rings. The highest BCUT2D eigenvalue weighted by atomic mass is 19.4. The summed E-state index contributed by atoms with van der Waals surface area (Å²) >= 11 is 0. The van der Waals surface area contributed by atoms with E-state index in [0.29, 0.717) is 22.5 Å². The number of hydrogen-bond donors (Lipinski definition) is 1. The lowest BCUT2D eigenvalue weighted by Crippen LogP contribution is -2.19. The summed E-state index contributed by atoms with van der Waals surface area (Å²) in [6, 6.07) is 17.8. The molecule has 5 rings (SSSR count). The summed E-state index contributed by atoms with van der Waals surface area (Å²) in [5, 5.41) is 2.58. The second-order valence-electron chi connectivity index (χ2n) is 8.53. The van der Waals surface area contributed by atoms with E-state index in [-0.39, 0.29) is 0 Å². The maximum absolute atomic E-state index is 13.8. The quantitative estimate of drug-likeness (QED) is 0.299. The molecule has 0 saturated carbocycles. The van der Waals surface area contributed by atoms with Gasteiger partial charge in [-0.1, -0.05) is 23.8 Å². The zero-order valence-corrected chi connectivity index (χ0v) is 19.5. The topological polar surface area (TPSA) is 59.3 Å². The minimum Gasteiger partial charge on any atom is -0.322 e. The number of fused-ring (bicyclic) bond motifs is 1. The van der Waals surface area contributed by atoms with Crippen LogP contribution in [0.15, 0.2) is 85.3 Å². The molecule has 2 aromatic carbocycles. The summed E-state index contributed by atoms with van der Waals surface area (Å²) in [4.78, 5) is 21.9. The van der Waals surface area contributed by atoms with Crippen LogP contribution in [0.1, 0.15) is 27.2 Å². The van der Waals surface area contributed by atoms with Crippen LogP contribution >= 0.6 is 0 Å². The normalized spacial score (nSPS) is 11.6. The Morgan fingerprint density at radius 3 is 2.33 bits per heavy atom. The molecule has 0 atom stereocenters. The minimum atomic E-state index is -4.69. The van der Waals surface area contributed by atoms with Crippen molar-refractivity contribution in [3.05, 3.63) is 108 Å². The van der Waals surface area contributed by atoms with E-state index >= 15 is 0 Å². The van der Waals surface area contributed by atoms with E-state index in [9.17, 15) is 18.0 Å². The van der Waals surface area contributed by atoms with Gasteiger partial charge in [-0.05, 0) is 67.9 Å². The molecule has 36 heavy (non-hydrogen) atoms. The summed E-state index contributed by atoms with van der Waals surface area (Å²) in [7, 11) is 0. The third-order valence-corrected chi connectivity index (χ3v) is 5.93. The summed E-state index contributed by atoms with van der Waals surface area (Å²) < 4.78 is 43.3. The van der Waals surface area contributed by atoms with Crippen molar-refractivity contribution in [1.82, 2.24) is 14.4 Å². The molecule has 180 valence electrons. The summed E-state index contributed by atoms with van der Waals surface area (Å²) in [5.74, 6) is -0.838. The third kappa shape index (κ3) is 4.45. The zero-order valence-electron chi connectivity index (χ0n) is 19.5. The van der Waals surface area contributed by atoms with Crippen LogP contribution in [0.4, 0.5) is 18.9 Å². The first-order valence-corrected chi connectivity index (χ1v) is 11.2. The van der Waals surface area contributed by atoms with E-state index in [1.54, 1.807) is 48.8 Å². The maximum atomic E-state index is 13.8. The summed E-state index contributed by atoms with van der Waals surface area (Å²) in [6.07, 6.45) is 0.580. The molecule has 0 saturated heterocycles. The second kappa shape index (κ2) is 8.96. The number of amides is 1. The van der Waals surface area contributed by atoms with Gasteiger partial charge in [0.1, 0.15) is 5.65 Å². The van der Waals surface area contributed by atoms with E-state index in [2.05, 4.69) is 15.3 Å². The van der Waals surface area contributed by atoms with Crippen LogP contribution in [-0.4, -0.2) is 20.3 Å². The Bertz CT molecular complexity index is 1570. The smallest absolute Gasteiger partial charge is 0.322 e. The van der Waals surface area contributed by atoms with Gasteiger partial charge >= 0.3 is 6.18 Å². The molecule has 3 heterocycles. The van der Waals surface area contributed by atoms with E-state index in [1.165, 1.54) is 12.1 Å². The first kappa shape index (κ1) is 23.3. The van der Waals surface area contributed by atoms with Crippen molar-refractivity contribution < 1.29 is 18.0 Å². The Morgan fingerprint density at radius 2 is 1.64 bits per heavy atom. The summed E-state index contributed by atoms with van der Waals surface area (Å²) in [5.41, 5.74) is 4.06. The zero-order chi connectivity index (χ0) is 25.4. The van der Waals surface area contributed by atoms with Gasteiger partial charge in [-0.25, -0.2) is 4.98 Å². The molecule has 0 aliphatic heterocycles. The van der Waals surface area contributed by atoms with Crippen molar-refractivity contribution in [3.63, 3.8) is 0 Å². The molecule has 1 N–H and O–H groups in total. The number of imidazole rings is 1. The van der Waals surface area contributed by atoms with Gasteiger partial charge in [0.2, 0.25) is 0 Å². The fourth-order valence-corrected chi connectivity index (χ4v) is 4.05. The van der Waals surface area contributed by atoms with E-state index in [1.807, 2.05) is 36.6 Å². The SMILES string of the molecule is Cc1ccc(NC(=O)c2cc(-c3cccn4c(-c5ccc(C)nc5)cnc34)ccc2C(F)(F)F)cc1. The Hall–Kier alpha value is -4.46. The van der Waals surface area contributed by atoms with Crippen LogP contribution < -0.4 is 5.32 Å². The molecule has 0 aliphatic carbocycles. The number of rotatable bonds is 4. The maximum Gasteiger partial charge on any atom is 0.417 e. The molecular formula is C28H21F3N4O. The summed E-state index contributed by atoms with van der Waals surface area (Å²) in [6.45, 7) is 3.78. The minimum absolute atomic E-state index is 0.413. The van der Waals surface area contributed by atoms with Crippen molar-refractivity contribution in [2.75, 3.05) is 5.32 Å². The molecule has 3 aromatic heterocycles. The molecule has 0 radical (unpaired) electrons. The van der Waals surface area contributed by atoms with Crippen molar-refractivity contribution in [2.45, 2.75) is 20.0 Å². The number of carbonyl (C=O) groups is 1. The monoisotopic (exact) mass is 486 g/mol. The van der Waals surface area contributed by atoms with E-state index in [4.69, 9.17) is 0 Å². The van der Waals surface area contributed by atoms with E-state index < -0.39 is 23.2 Å². The van der Waals surface area contributed by atoms with Crippen molar-refractivity contribution >= 4 is 17.2 Å². The number of pyridine rings is 2. The van der Waals surface area contributed by atoms with Crippen LogP contribution in [-0.2, 0) is 6.18 Å². The molecule has 5 nitrogen and oxygen atoms in total. The number of hydrogen-bond acceptors (Lipinski definition) is 3. The number of benzene rings is 2. The lowest BCUT2D eigenvalue weighted by Gasteiger charge is -2.15. The molecule has 0 aliphatic rings. The van der Waals surface area contributed by atoms with Crippen LogP contribution in [0, 0.1) is 13.8 Å². The fourth-order valence-electron chi connectivity index (χ4n) is 4.05. The van der Waals surface area contributed by atoms with Gasteiger partial charge in [0.05, 0.1) is 23.0 Å². The van der Waals surface area contributed by atoms with Crippen LogP contribution in [0.25, 0.3) is 28.0 Å². The van der Waals surface area contributed by atoms with Crippen molar-refractivity contribution in [1.29, 1.82) is 0 Å². The van der Waals surface area contributed by atoms with Gasteiger partial charge in [-0.3, -0.25) is 14.2 Å². The highest BCUT2D eigenvalue weighted by molar-refractivity contribution is 6.06. The van der Waals surface area contributed by atoms with Gasteiger partial charge in [0, 0.05) is 34.9 Å². The number of nitrogens with one attached hydrogen (secondary N) is 1. The van der Waals surface area contributed by atoms with Gasteiger partial charge in [0.25, 0.3) is 5.91 Å². The van der Waals surface area contributed by atoms with Crippen molar-refractivity contribution in [2.24, 2.45) is 0 Å². The predicted octanol–water partition coefficient (Wildman–Crippen LogP) is 6.95. The molecular weight excluding hydrogens is 465 g/mol. The third-order valence-electron chi connectivity index (χ3n) is 5.93. The number of nitrogens with zero attached hydrogens (tertiary/aromatic N) is 3. The number of aryl methyl sites for hydroxylation is 2. The average molecular weight is 486 g/mol. The van der Waals surface area contributed by atoms with Gasteiger partial charge in [0.15, 0.2) is 0 Å². The Balaban J connectivity index is 1.59. The number of alkyl halides is 3. The largest absolute Gasteiger partial charge is 0.417 e. The first-order valence-electron chi connectivity index (χ1n) is 11.2. The highest BCUT2D eigenvalue weighted by Crippen LogP contribution is 2.36.